The van der Waals surface area contributed by atoms with Crippen molar-refractivity contribution in [3.05, 3.63) is 83.9 Å². The molecule has 1 amide bonds. The molecule has 3 aromatic rings. The second-order valence-electron chi connectivity index (χ2n) is 7.25. The molecule has 4 rings (SSSR count). The molecule has 0 spiro atoms. The molecule has 0 saturated heterocycles. The Bertz CT molecular complexity index is 1180. The molecule has 0 unspecified atom stereocenters. The van der Waals surface area contributed by atoms with E-state index in [-0.39, 0.29) is 10.8 Å². The van der Waals surface area contributed by atoms with Crippen LogP contribution in [-0.2, 0) is 16.4 Å². The molecule has 1 aliphatic rings. The van der Waals surface area contributed by atoms with Gasteiger partial charge < -0.3 is 10.1 Å². The molecule has 0 saturated carbocycles. The summed E-state index contributed by atoms with van der Waals surface area (Å²) in [6.07, 6.45) is 1.47. The van der Waals surface area contributed by atoms with Gasteiger partial charge in [0.15, 0.2) is 0 Å². The number of aryl methyl sites for hydroxylation is 1. The number of hydrogen-bond acceptors (Lipinski definition) is 4. The number of rotatable bonds is 6. The molecule has 31 heavy (non-hydrogen) atoms. The quantitative estimate of drug-likeness (QED) is 0.618. The molecule has 3 aromatic carbocycles. The van der Waals surface area contributed by atoms with Gasteiger partial charge in [0.05, 0.1) is 17.2 Å². The van der Waals surface area contributed by atoms with Crippen LogP contribution in [0.5, 0.6) is 5.75 Å². The molecule has 0 aliphatic carbocycles. The first kappa shape index (κ1) is 20.9. The normalized spacial score (nSPS) is 13.4. The summed E-state index contributed by atoms with van der Waals surface area (Å²) in [6.45, 7) is 2.91. The van der Waals surface area contributed by atoms with Gasteiger partial charge in [-0.1, -0.05) is 18.2 Å². The highest BCUT2D eigenvalue weighted by molar-refractivity contribution is 7.92. The van der Waals surface area contributed by atoms with Gasteiger partial charge in [-0.05, 0) is 79.9 Å². The van der Waals surface area contributed by atoms with Crippen molar-refractivity contribution >= 4 is 27.3 Å². The summed E-state index contributed by atoms with van der Waals surface area (Å²) in [6, 6.07) is 20.8. The summed E-state index contributed by atoms with van der Waals surface area (Å²) in [7, 11) is -3.63. The Balaban J connectivity index is 1.55. The van der Waals surface area contributed by atoms with Crippen LogP contribution in [0, 0.1) is 0 Å². The van der Waals surface area contributed by atoms with E-state index >= 15 is 0 Å². The van der Waals surface area contributed by atoms with E-state index in [0.717, 1.165) is 18.4 Å². The number of anilines is 2. The third-order valence-electron chi connectivity index (χ3n) is 5.17. The van der Waals surface area contributed by atoms with Crippen molar-refractivity contribution in [2.75, 3.05) is 22.8 Å². The highest BCUT2D eigenvalue weighted by atomic mass is 32.2. The van der Waals surface area contributed by atoms with Crippen molar-refractivity contribution in [1.82, 2.24) is 0 Å². The average molecular weight is 437 g/mol. The van der Waals surface area contributed by atoms with Crippen molar-refractivity contribution in [2.45, 2.75) is 24.7 Å². The molecule has 0 fully saturated rings. The van der Waals surface area contributed by atoms with E-state index in [9.17, 15) is 13.2 Å². The second-order valence-corrected chi connectivity index (χ2v) is 9.11. The molecule has 0 radical (unpaired) electrons. The number of ether oxygens (including phenoxy) is 1. The zero-order chi connectivity index (χ0) is 21.8. The Morgan fingerprint density at radius 1 is 1.03 bits per heavy atom. The van der Waals surface area contributed by atoms with Crippen molar-refractivity contribution in [3.8, 4) is 5.75 Å². The minimum atomic E-state index is -3.63. The minimum Gasteiger partial charge on any atom is -0.494 e. The van der Waals surface area contributed by atoms with E-state index in [4.69, 9.17) is 4.74 Å². The molecule has 6 nitrogen and oxygen atoms in total. The van der Waals surface area contributed by atoms with Crippen LogP contribution in [0.1, 0.15) is 29.3 Å². The fourth-order valence-electron chi connectivity index (χ4n) is 3.68. The lowest BCUT2D eigenvalue weighted by molar-refractivity contribution is 0.102. The zero-order valence-electron chi connectivity index (χ0n) is 17.2. The number of benzene rings is 3. The van der Waals surface area contributed by atoms with E-state index in [1.165, 1.54) is 4.31 Å². The van der Waals surface area contributed by atoms with E-state index in [2.05, 4.69) is 5.32 Å². The third kappa shape index (κ3) is 4.41. The Kier molecular flexibility index (Phi) is 5.95. The first-order valence-corrected chi connectivity index (χ1v) is 11.7. The standard InChI is InChI=1S/C24H24N2O4S/c1-2-30-21-13-10-18(11-14-21)24(27)25-20-12-15-23-19(17-20)7-6-16-26(23)31(28,29)22-8-4-3-5-9-22/h3-5,8-15,17H,2,6-7,16H2,1H3,(H,25,27). The molecule has 1 aliphatic heterocycles. The van der Waals surface area contributed by atoms with Gasteiger partial charge in [-0.25, -0.2) is 8.42 Å². The minimum absolute atomic E-state index is 0.229. The monoisotopic (exact) mass is 436 g/mol. The van der Waals surface area contributed by atoms with Gasteiger partial charge in [-0.15, -0.1) is 0 Å². The van der Waals surface area contributed by atoms with E-state index < -0.39 is 10.0 Å². The number of nitrogens with one attached hydrogen (secondary N) is 1. The van der Waals surface area contributed by atoms with Crippen LogP contribution in [0.3, 0.4) is 0 Å². The van der Waals surface area contributed by atoms with Crippen molar-refractivity contribution in [2.24, 2.45) is 0 Å². The molecule has 0 bridgehead atoms. The van der Waals surface area contributed by atoms with Gasteiger partial charge in [-0.2, -0.15) is 0 Å². The van der Waals surface area contributed by atoms with E-state index in [1.54, 1.807) is 66.7 Å². The number of nitrogens with zero attached hydrogens (tertiary/aromatic N) is 1. The first-order valence-electron chi connectivity index (χ1n) is 10.2. The van der Waals surface area contributed by atoms with E-state index in [1.807, 2.05) is 13.0 Å². The molecule has 7 heteroatoms. The molecule has 160 valence electrons. The van der Waals surface area contributed by atoms with Crippen molar-refractivity contribution < 1.29 is 17.9 Å². The predicted octanol–water partition coefficient (Wildman–Crippen LogP) is 4.48. The van der Waals surface area contributed by atoms with E-state index in [0.29, 0.717) is 35.8 Å². The van der Waals surface area contributed by atoms with Crippen LogP contribution >= 0.6 is 0 Å². The lowest BCUT2D eigenvalue weighted by Gasteiger charge is -2.30. The van der Waals surface area contributed by atoms with Gasteiger partial charge in [-0.3, -0.25) is 9.10 Å². The Labute approximate surface area is 182 Å². The molecule has 1 N–H and O–H groups in total. The number of sulfonamides is 1. The number of amides is 1. The number of carbonyl (C=O) groups is 1. The van der Waals surface area contributed by atoms with Crippen LogP contribution in [0.25, 0.3) is 0 Å². The highest BCUT2D eigenvalue weighted by Crippen LogP contribution is 2.33. The molecule has 0 aromatic heterocycles. The number of fused-ring (bicyclic) bond motifs is 1. The lowest BCUT2D eigenvalue weighted by Crippen LogP contribution is -2.35. The largest absolute Gasteiger partial charge is 0.494 e. The summed E-state index contributed by atoms with van der Waals surface area (Å²) in [4.78, 5) is 12.9. The molecule has 0 atom stereocenters. The topological polar surface area (TPSA) is 75.7 Å². The van der Waals surface area contributed by atoms with Crippen molar-refractivity contribution in [3.63, 3.8) is 0 Å². The average Bonchev–Trinajstić information content (AvgIpc) is 2.80. The Morgan fingerprint density at radius 3 is 2.48 bits per heavy atom. The smallest absolute Gasteiger partial charge is 0.264 e. The first-order chi connectivity index (χ1) is 15.0. The Morgan fingerprint density at radius 2 is 1.77 bits per heavy atom. The SMILES string of the molecule is CCOc1ccc(C(=O)Nc2ccc3c(c2)CCCN3S(=O)(=O)c2ccccc2)cc1. The van der Waals surface area contributed by atoms with Gasteiger partial charge in [0.2, 0.25) is 0 Å². The number of hydrogen-bond donors (Lipinski definition) is 1. The summed E-state index contributed by atoms with van der Waals surface area (Å²) >= 11 is 0. The van der Waals surface area contributed by atoms with Gasteiger partial charge >= 0.3 is 0 Å². The highest BCUT2D eigenvalue weighted by Gasteiger charge is 2.29. The molecular formula is C24H24N2O4S. The maximum Gasteiger partial charge on any atom is 0.264 e. The predicted molar refractivity (Wildman–Crippen MR) is 121 cm³/mol. The fraction of sp³-hybridized carbons (Fsp3) is 0.208. The van der Waals surface area contributed by atoms with Crippen LogP contribution in [0.4, 0.5) is 11.4 Å². The fourth-order valence-corrected chi connectivity index (χ4v) is 5.24. The maximum atomic E-state index is 13.1. The zero-order valence-corrected chi connectivity index (χ0v) is 18.1. The second kappa shape index (κ2) is 8.81. The van der Waals surface area contributed by atoms with Gasteiger partial charge in [0, 0.05) is 17.8 Å². The van der Waals surface area contributed by atoms with Crippen molar-refractivity contribution in [1.29, 1.82) is 0 Å². The summed E-state index contributed by atoms with van der Waals surface area (Å²) in [5.41, 5.74) is 2.72. The van der Waals surface area contributed by atoms with Crippen LogP contribution < -0.4 is 14.4 Å². The number of carbonyl (C=O) groups excluding carboxylic acids is 1. The van der Waals surface area contributed by atoms with Crippen LogP contribution in [0.15, 0.2) is 77.7 Å². The maximum absolute atomic E-state index is 13.1. The molecular weight excluding hydrogens is 412 g/mol. The Hall–Kier alpha value is -3.32. The summed E-state index contributed by atoms with van der Waals surface area (Å²) < 4.78 is 33.1. The lowest BCUT2D eigenvalue weighted by atomic mass is 10.0. The summed E-state index contributed by atoms with van der Waals surface area (Å²) in [5, 5.41) is 2.90. The summed E-state index contributed by atoms with van der Waals surface area (Å²) in [5.74, 6) is 0.486. The van der Waals surface area contributed by atoms with Crippen LogP contribution in [-0.4, -0.2) is 27.5 Å². The molecule has 1 heterocycles. The third-order valence-corrected chi connectivity index (χ3v) is 7.00. The van der Waals surface area contributed by atoms with Gasteiger partial charge in [0.25, 0.3) is 15.9 Å². The van der Waals surface area contributed by atoms with Crippen LogP contribution in [0.2, 0.25) is 0 Å². The van der Waals surface area contributed by atoms with Gasteiger partial charge in [0.1, 0.15) is 5.75 Å².